The van der Waals surface area contributed by atoms with Gasteiger partial charge in [0.05, 0.1) is 5.69 Å². The predicted molar refractivity (Wildman–Crippen MR) is 103 cm³/mol. The number of aromatic nitrogens is 2. The molecule has 0 bridgehead atoms. The van der Waals surface area contributed by atoms with Crippen molar-refractivity contribution in [3.8, 4) is 11.3 Å². The number of aryl methyl sites for hydroxylation is 2. The van der Waals surface area contributed by atoms with E-state index in [9.17, 15) is 9.59 Å². The molecule has 1 aromatic heterocycles. The first-order chi connectivity index (χ1) is 12.6. The molecule has 5 heteroatoms. The molecule has 1 N–H and O–H groups in total. The van der Waals surface area contributed by atoms with Crippen LogP contribution < -0.4 is 10.9 Å². The maximum absolute atomic E-state index is 12.0. The highest BCUT2D eigenvalue weighted by Crippen LogP contribution is 2.14. The van der Waals surface area contributed by atoms with E-state index >= 15 is 0 Å². The van der Waals surface area contributed by atoms with Crippen LogP contribution in [0.5, 0.6) is 0 Å². The van der Waals surface area contributed by atoms with Crippen LogP contribution >= 0.6 is 0 Å². The van der Waals surface area contributed by atoms with Crippen molar-refractivity contribution in [1.82, 2.24) is 9.78 Å². The predicted octanol–water partition coefficient (Wildman–Crippen LogP) is 3.64. The molecule has 0 aliphatic rings. The minimum absolute atomic E-state index is 0.0684. The van der Waals surface area contributed by atoms with Gasteiger partial charge in [-0.1, -0.05) is 48.0 Å². The molecule has 0 radical (unpaired) electrons. The van der Waals surface area contributed by atoms with Crippen LogP contribution in [0.2, 0.25) is 0 Å². The molecular formula is C21H21N3O2. The third kappa shape index (κ3) is 4.66. The number of rotatable bonds is 6. The van der Waals surface area contributed by atoms with E-state index in [1.165, 1.54) is 10.7 Å². The van der Waals surface area contributed by atoms with Crippen LogP contribution in [0.4, 0.5) is 5.69 Å². The fraction of sp³-hybridized carbons (Fsp3) is 0.190. The van der Waals surface area contributed by atoms with Crippen molar-refractivity contribution in [3.05, 3.63) is 82.6 Å². The van der Waals surface area contributed by atoms with Gasteiger partial charge in [0.1, 0.15) is 0 Å². The van der Waals surface area contributed by atoms with Gasteiger partial charge in [-0.2, -0.15) is 5.10 Å². The number of amides is 1. The molecule has 3 rings (SSSR count). The summed E-state index contributed by atoms with van der Waals surface area (Å²) in [5.74, 6) is -0.0684. The van der Waals surface area contributed by atoms with Crippen molar-refractivity contribution in [1.29, 1.82) is 0 Å². The molecule has 0 aliphatic heterocycles. The van der Waals surface area contributed by atoms with Crippen LogP contribution in [0.25, 0.3) is 11.3 Å². The van der Waals surface area contributed by atoms with Gasteiger partial charge >= 0.3 is 0 Å². The molecule has 1 amide bonds. The van der Waals surface area contributed by atoms with E-state index in [0.717, 1.165) is 22.5 Å². The largest absolute Gasteiger partial charge is 0.326 e. The third-order valence-corrected chi connectivity index (χ3v) is 4.05. The van der Waals surface area contributed by atoms with Crippen molar-refractivity contribution in [2.75, 3.05) is 5.32 Å². The number of hydrogen-bond acceptors (Lipinski definition) is 3. The SMILES string of the molecule is Cc1ccc(NC(=O)CCCn2nc(-c3ccccc3)ccc2=O)cc1. The average molecular weight is 347 g/mol. The van der Waals surface area contributed by atoms with E-state index in [2.05, 4.69) is 10.4 Å². The van der Waals surface area contributed by atoms with Gasteiger partial charge in [0.15, 0.2) is 0 Å². The van der Waals surface area contributed by atoms with Crippen molar-refractivity contribution < 1.29 is 4.79 Å². The summed E-state index contributed by atoms with van der Waals surface area (Å²) in [4.78, 5) is 24.0. The summed E-state index contributed by atoms with van der Waals surface area (Å²) in [7, 11) is 0. The lowest BCUT2D eigenvalue weighted by Gasteiger charge is -2.08. The molecule has 0 fully saturated rings. The monoisotopic (exact) mass is 347 g/mol. The Kier molecular flexibility index (Phi) is 5.59. The Labute approximate surface area is 152 Å². The summed E-state index contributed by atoms with van der Waals surface area (Å²) in [6.07, 6.45) is 0.875. The lowest BCUT2D eigenvalue weighted by molar-refractivity contribution is -0.116. The number of benzene rings is 2. The van der Waals surface area contributed by atoms with Crippen LogP contribution in [0.1, 0.15) is 18.4 Å². The molecule has 0 saturated heterocycles. The van der Waals surface area contributed by atoms with E-state index < -0.39 is 0 Å². The zero-order valence-electron chi connectivity index (χ0n) is 14.7. The number of nitrogens with zero attached hydrogens (tertiary/aromatic N) is 2. The first-order valence-electron chi connectivity index (χ1n) is 8.62. The highest BCUT2D eigenvalue weighted by molar-refractivity contribution is 5.90. The Balaban J connectivity index is 1.58. The first-order valence-corrected chi connectivity index (χ1v) is 8.62. The lowest BCUT2D eigenvalue weighted by Crippen LogP contribution is -2.23. The Morgan fingerprint density at radius 1 is 1.00 bits per heavy atom. The van der Waals surface area contributed by atoms with Gasteiger partial charge in [-0.25, -0.2) is 4.68 Å². The first kappa shape index (κ1) is 17.6. The van der Waals surface area contributed by atoms with Crippen molar-refractivity contribution in [3.63, 3.8) is 0 Å². The van der Waals surface area contributed by atoms with E-state index in [4.69, 9.17) is 0 Å². The molecule has 0 aliphatic carbocycles. The quantitative estimate of drug-likeness (QED) is 0.740. The zero-order valence-corrected chi connectivity index (χ0v) is 14.7. The van der Waals surface area contributed by atoms with E-state index in [1.54, 1.807) is 6.07 Å². The van der Waals surface area contributed by atoms with Crippen molar-refractivity contribution in [2.45, 2.75) is 26.3 Å². The van der Waals surface area contributed by atoms with Crippen LogP contribution in [-0.2, 0) is 11.3 Å². The Hall–Kier alpha value is -3.21. The van der Waals surface area contributed by atoms with Gasteiger partial charge in [-0.3, -0.25) is 9.59 Å². The van der Waals surface area contributed by atoms with Gasteiger partial charge < -0.3 is 5.32 Å². The molecule has 3 aromatic rings. The summed E-state index contributed by atoms with van der Waals surface area (Å²) < 4.78 is 1.42. The van der Waals surface area contributed by atoms with Crippen molar-refractivity contribution in [2.24, 2.45) is 0 Å². The molecule has 0 atom stereocenters. The second-order valence-electron chi connectivity index (χ2n) is 6.16. The fourth-order valence-corrected chi connectivity index (χ4v) is 2.62. The van der Waals surface area contributed by atoms with Gasteiger partial charge in [0.25, 0.3) is 5.56 Å². The van der Waals surface area contributed by atoms with E-state index in [-0.39, 0.29) is 11.5 Å². The normalized spacial score (nSPS) is 10.5. The molecule has 2 aromatic carbocycles. The Bertz CT molecular complexity index is 931. The third-order valence-electron chi connectivity index (χ3n) is 4.05. The number of hydrogen-bond donors (Lipinski definition) is 1. The molecule has 26 heavy (non-hydrogen) atoms. The molecule has 0 spiro atoms. The molecule has 1 heterocycles. The van der Waals surface area contributed by atoms with Gasteiger partial charge in [-0.15, -0.1) is 0 Å². The summed E-state index contributed by atoms with van der Waals surface area (Å²) >= 11 is 0. The summed E-state index contributed by atoms with van der Waals surface area (Å²) in [6.45, 7) is 2.40. The number of anilines is 1. The molecule has 5 nitrogen and oxygen atoms in total. The number of carbonyl (C=O) groups is 1. The van der Waals surface area contributed by atoms with Crippen molar-refractivity contribution >= 4 is 11.6 Å². The smallest absolute Gasteiger partial charge is 0.266 e. The standard InChI is InChI=1S/C21H21N3O2/c1-16-9-11-18(12-10-16)22-20(25)8-5-15-24-21(26)14-13-19(23-24)17-6-3-2-4-7-17/h2-4,6-7,9-14H,5,8,15H2,1H3,(H,22,25). The van der Waals surface area contributed by atoms with Gasteiger partial charge in [0.2, 0.25) is 5.91 Å². The second-order valence-corrected chi connectivity index (χ2v) is 6.16. The van der Waals surface area contributed by atoms with E-state index in [0.29, 0.717) is 19.4 Å². The number of nitrogens with one attached hydrogen (secondary N) is 1. The molecule has 0 saturated carbocycles. The van der Waals surface area contributed by atoms with E-state index in [1.807, 2.05) is 61.5 Å². The second kappa shape index (κ2) is 8.25. The molecule has 0 unspecified atom stereocenters. The van der Waals surface area contributed by atoms with Crippen LogP contribution in [0, 0.1) is 6.92 Å². The lowest BCUT2D eigenvalue weighted by atomic mass is 10.1. The highest BCUT2D eigenvalue weighted by Gasteiger charge is 2.06. The summed E-state index contributed by atoms with van der Waals surface area (Å²) in [6, 6.07) is 20.6. The molecule has 132 valence electrons. The summed E-state index contributed by atoms with van der Waals surface area (Å²) in [5.41, 5.74) is 3.46. The highest BCUT2D eigenvalue weighted by atomic mass is 16.1. The van der Waals surface area contributed by atoms with Gasteiger partial charge in [0, 0.05) is 30.3 Å². The topological polar surface area (TPSA) is 64.0 Å². The summed E-state index contributed by atoms with van der Waals surface area (Å²) in [5, 5.41) is 7.27. The number of carbonyl (C=O) groups excluding carboxylic acids is 1. The van der Waals surface area contributed by atoms with Crippen LogP contribution in [-0.4, -0.2) is 15.7 Å². The minimum Gasteiger partial charge on any atom is -0.326 e. The fourth-order valence-electron chi connectivity index (χ4n) is 2.62. The van der Waals surface area contributed by atoms with Crippen LogP contribution in [0.3, 0.4) is 0 Å². The van der Waals surface area contributed by atoms with Crippen LogP contribution in [0.15, 0.2) is 71.5 Å². The minimum atomic E-state index is -0.163. The Morgan fingerprint density at radius 3 is 2.46 bits per heavy atom. The van der Waals surface area contributed by atoms with Gasteiger partial charge in [-0.05, 0) is 31.5 Å². The maximum atomic E-state index is 12.0. The molecular weight excluding hydrogens is 326 g/mol. The zero-order chi connectivity index (χ0) is 18.4. The Morgan fingerprint density at radius 2 is 1.73 bits per heavy atom. The average Bonchev–Trinajstić information content (AvgIpc) is 2.66. The maximum Gasteiger partial charge on any atom is 0.266 e.